The summed E-state index contributed by atoms with van der Waals surface area (Å²) in [7, 11) is 0. The number of pyridine rings is 1. The minimum Gasteiger partial charge on any atom is -0.335 e. The fourth-order valence-corrected chi connectivity index (χ4v) is 2.92. The van der Waals surface area contributed by atoms with Gasteiger partial charge >= 0.3 is 6.18 Å². The van der Waals surface area contributed by atoms with E-state index in [2.05, 4.69) is 4.98 Å². The summed E-state index contributed by atoms with van der Waals surface area (Å²) in [4.78, 5) is 31.8. The monoisotopic (exact) mass is 397 g/mol. The molecule has 0 unspecified atom stereocenters. The van der Waals surface area contributed by atoms with E-state index in [0.29, 0.717) is 5.56 Å². The molecule has 2 amide bonds. The second kappa shape index (κ2) is 7.56. The lowest BCUT2D eigenvalue weighted by Crippen LogP contribution is -2.50. The second-order valence-electron chi connectivity index (χ2n) is 6.03. The first kappa shape index (κ1) is 19.2. The van der Waals surface area contributed by atoms with Gasteiger partial charge in [0, 0.05) is 37.9 Å². The van der Waals surface area contributed by atoms with Crippen LogP contribution in [0.15, 0.2) is 42.6 Å². The SMILES string of the molecule is O=C(c1ccc(Cl)nc1)N1CCN(C(=O)c2cccc(C(F)(F)F)c2)CC1. The maximum atomic E-state index is 12.8. The lowest BCUT2D eigenvalue weighted by molar-refractivity contribution is -0.137. The number of alkyl halides is 3. The molecule has 1 saturated heterocycles. The molecule has 3 rings (SSSR count). The van der Waals surface area contributed by atoms with Crippen LogP contribution in [0.5, 0.6) is 0 Å². The fraction of sp³-hybridized carbons (Fsp3) is 0.278. The van der Waals surface area contributed by atoms with Crippen LogP contribution in [-0.4, -0.2) is 52.8 Å². The number of halogens is 4. The molecule has 1 aromatic carbocycles. The molecule has 0 aliphatic carbocycles. The molecule has 0 N–H and O–H groups in total. The van der Waals surface area contributed by atoms with Crippen molar-refractivity contribution in [3.63, 3.8) is 0 Å². The quantitative estimate of drug-likeness (QED) is 0.730. The lowest BCUT2D eigenvalue weighted by Gasteiger charge is -2.34. The van der Waals surface area contributed by atoms with Gasteiger partial charge in [0.15, 0.2) is 0 Å². The van der Waals surface area contributed by atoms with Gasteiger partial charge in [0.2, 0.25) is 0 Å². The Morgan fingerprint density at radius 3 is 2.04 bits per heavy atom. The highest BCUT2D eigenvalue weighted by Gasteiger charge is 2.32. The molecular formula is C18H15ClF3N3O2. The third-order valence-corrected chi connectivity index (χ3v) is 4.49. The van der Waals surface area contributed by atoms with Crippen LogP contribution in [0.4, 0.5) is 13.2 Å². The summed E-state index contributed by atoms with van der Waals surface area (Å²) in [5.41, 5.74) is -0.499. The van der Waals surface area contributed by atoms with Gasteiger partial charge in [-0.05, 0) is 30.3 Å². The Bertz CT molecular complexity index is 848. The first-order valence-corrected chi connectivity index (χ1v) is 8.51. The van der Waals surface area contributed by atoms with E-state index in [1.165, 1.54) is 29.3 Å². The van der Waals surface area contributed by atoms with Gasteiger partial charge < -0.3 is 9.80 Å². The van der Waals surface area contributed by atoms with Crippen molar-refractivity contribution in [2.24, 2.45) is 0 Å². The Morgan fingerprint density at radius 1 is 0.926 bits per heavy atom. The van der Waals surface area contributed by atoms with Crippen LogP contribution in [0.25, 0.3) is 0 Å². The van der Waals surface area contributed by atoms with Crippen LogP contribution >= 0.6 is 11.6 Å². The summed E-state index contributed by atoms with van der Waals surface area (Å²) in [5.74, 6) is -0.716. The van der Waals surface area contributed by atoms with Crippen LogP contribution in [0.3, 0.4) is 0 Å². The van der Waals surface area contributed by atoms with Crippen molar-refractivity contribution in [3.05, 3.63) is 64.4 Å². The van der Waals surface area contributed by atoms with Crippen molar-refractivity contribution in [2.45, 2.75) is 6.18 Å². The van der Waals surface area contributed by atoms with E-state index in [1.54, 1.807) is 11.0 Å². The molecule has 2 heterocycles. The number of hydrogen-bond donors (Lipinski definition) is 0. The zero-order chi connectivity index (χ0) is 19.6. The minimum atomic E-state index is -4.51. The van der Waals surface area contributed by atoms with Crippen molar-refractivity contribution in [1.82, 2.24) is 14.8 Å². The molecule has 0 atom stereocenters. The molecule has 2 aromatic rings. The number of rotatable bonds is 2. The molecule has 1 fully saturated rings. The predicted octanol–water partition coefficient (Wildman–Crippen LogP) is 3.35. The van der Waals surface area contributed by atoms with Crippen LogP contribution in [0.2, 0.25) is 5.15 Å². The van der Waals surface area contributed by atoms with Crippen molar-refractivity contribution in [3.8, 4) is 0 Å². The van der Waals surface area contributed by atoms with Crippen LogP contribution < -0.4 is 0 Å². The summed E-state index contributed by atoms with van der Waals surface area (Å²) < 4.78 is 38.5. The molecular weight excluding hydrogens is 383 g/mol. The molecule has 1 aliphatic rings. The number of hydrogen-bond acceptors (Lipinski definition) is 3. The molecule has 1 aliphatic heterocycles. The summed E-state index contributed by atoms with van der Waals surface area (Å²) >= 11 is 5.70. The second-order valence-corrected chi connectivity index (χ2v) is 6.42. The fourth-order valence-electron chi connectivity index (χ4n) is 2.81. The Kier molecular flexibility index (Phi) is 5.36. The van der Waals surface area contributed by atoms with E-state index in [9.17, 15) is 22.8 Å². The van der Waals surface area contributed by atoms with Crippen molar-refractivity contribution in [2.75, 3.05) is 26.2 Å². The number of benzene rings is 1. The molecule has 0 bridgehead atoms. The molecule has 0 radical (unpaired) electrons. The van der Waals surface area contributed by atoms with Crippen LogP contribution in [0.1, 0.15) is 26.3 Å². The summed E-state index contributed by atoms with van der Waals surface area (Å²) in [6, 6.07) is 7.42. The Labute approximate surface area is 158 Å². The number of carbonyl (C=O) groups excluding carboxylic acids is 2. The van der Waals surface area contributed by atoms with E-state index in [-0.39, 0.29) is 42.8 Å². The predicted molar refractivity (Wildman–Crippen MR) is 92.5 cm³/mol. The summed E-state index contributed by atoms with van der Waals surface area (Å²) in [6.07, 6.45) is -3.13. The van der Waals surface area contributed by atoms with Gasteiger partial charge in [-0.25, -0.2) is 4.98 Å². The highest BCUT2D eigenvalue weighted by molar-refractivity contribution is 6.29. The first-order chi connectivity index (χ1) is 12.8. The smallest absolute Gasteiger partial charge is 0.335 e. The van der Waals surface area contributed by atoms with Gasteiger partial charge in [-0.2, -0.15) is 13.2 Å². The molecule has 5 nitrogen and oxygen atoms in total. The van der Waals surface area contributed by atoms with Gasteiger partial charge in [0.25, 0.3) is 11.8 Å². The molecule has 9 heteroatoms. The van der Waals surface area contributed by atoms with Crippen LogP contribution in [0, 0.1) is 0 Å². The average molecular weight is 398 g/mol. The standard InChI is InChI=1S/C18H15ClF3N3O2/c19-15-5-4-13(11-23-15)17(27)25-8-6-24(7-9-25)16(26)12-2-1-3-14(10-12)18(20,21)22/h1-5,10-11H,6-9H2. The number of aromatic nitrogens is 1. The van der Waals surface area contributed by atoms with Crippen LogP contribution in [-0.2, 0) is 6.18 Å². The lowest BCUT2D eigenvalue weighted by atomic mass is 10.1. The van der Waals surface area contributed by atoms with Gasteiger partial charge in [-0.3, -0.25) is 9.59 Å². The van der Waals surface area contributed by atoms with E-state index >= 15 is 0 Å². The van der Waals surface area contributed by atoms with Crippen molar-refractivity contribution >= 4 is 23.4 Å². The number of amides is 2. The number of piperazine rings is 1. The summed E-state index contributed by atoms with van der Waals surface area (Å²) in [5, 5.41) is 0.281. The van der Waals surface area contributed by atoms with Gasteiger partial charge in [-0.15, -0.1) is 0 Å². The minimum absolute atomic E-state index is 0.0218. The molecule has 0 spiro atoms. The van der Waals surface area contributed by atoms with Gasteiger partial charge in [-0.1, -0.05) is 17.7 Å². The Hall–Kier alpha value is -2.61. The third-order valence-electron chi connectivity index (χ3n) is 4.27. The first-order valence-electron chi connectivity index (χ1n) is 8.13. The topological polar surface area (TPSA) is 53.5 Å². The van der Waals surface area contributed by atoms with E-state index < -0.39 is 17.6 Å². The zero-order valence-corrected chi connectivity index (χ0v) is 14.8. The van der Waals surface area contributed by atoms with E-state index in [4.69, 9.17) is 11.6 Å². The average Bonchev–Trinajstić information content (AvgIpc) is 2.67. The third kappa shape index (κ3) is 4.39. The van der Waals surface area contributed by atoms with Gasteiger partial charge in [0.05, 0.1) is 11.1 Å². The molecule has 142 valence electrons. The zero-order valence-electron chi connectivity index (χ0n) is 14.0. The maximum Gasteiger partial charge on any atom is 0.416 e. The Morgan fingerprint density at radius 2 is 1.52 bits per heavy atom. The number of nitrogens with zero attached hydrogens (tertiary/aromatic N) is 3. The molecule has 1 aromatic heterocycles. The maximum absolute atomic E-state index is 12.8. The number of carbonyl (C=O) groups is 2. The Balaban J connectivity index is 1.64. The largest absolute Gasteiger partial charge is 0.416 e. The highest BCUT2D eigenvalue weighted by atomic mass is 35.5. The summed E-state index contributed by atoms with van der Waals surface area (Å²) in [6.45, 7) is 1.04. The van der Waals surface area contributed by atoms with E-state index in [1.807, 2.05) is 0 Å². The van der Waals surface area contributed by atoms with E-state index in [0.717, 1.165) is 12.1 Å². The molecule has 0 saturated carbocycles. The van der Waals surface area contributed by atoms with Gasteiger partial charge in [0.1, 0.15) is 5.15 Å². The normalized spacial score (nSPS) is 15.0. The van der Waals surface area contributed by atoms with Crippen molar-refractivity contribution in [1.29, 1.82) is 0 Å². The molecule has 27 heavy (non-hydrogen) atoms. The highest BCUT2D eigenvalue weighted by Crippen LogP contribution is 2.29. The van der Waals surface area contributed by atoms with Crippen molar-refractivity contribution < 1.29 is 22.8 Å².